The van der Waals surface area contributed by atoms with E-state index in [9.17, 15) is 14.7 Å². The Morgan fingerprint density at radius 3 is 2.26 bits per heavy atom. The van der Waals surface area contributed by atoms with Crippen molar-refractivity contribution < 1.29 is 14.7 Å². The summed E-state index contributed by atoms with van der Waals surface area (Å²) in [4.78, 5) is 23.7. The van der Waals surface area contributed by atoms with Crippen LogP contribution in [0.25, 0.3) is 0 Å². The van der Waals surface area contributed by atoms with E-state index in [2.05, 4.69) is 5.32 Å². The molecule has 0 saturated heterocycles. The second-order valence-electron chi connectivity index (χ2n) is 5.32. The van der Waals surface area contributed by atoms with Gasteiger partial charge in [-0.2, -0.15) is 0 Å². The Morgan fingerprint density at radius 1 is 1.09 bits per heavy atom. The topological polar surface area (TPSA) is 66.4 Å². The molecule has 0 aliphatic rings. The van der Waals surface area contributed by atoms with Crippen molar-refractivity contribution in [3.63, 3.8) is 0 Å². The zero-order chi connectivity index (χ0) is 16.8. The molecule has 2 aromatic carbocycles. The first-order valence-corrected chi connectivity index (χ1v) is 7.67. The smallest absolute Gasteiger partial charge is 0.321 e. The minimum atomic E-state index is -1.05. The fraction of sp³-hybridized carbons (Fsp3) is 0.222. The number of carbonyl (C=O) groups is 2. The minimum absolute atomic E-state index is 0.117. The van der Waals surface area contributed by atoms with Gasteiger partial charge in [0.15, 0.2) is 5.78 Å². The van der Waals surface area contributed by atoms with Crippen molar-refractivity contribution in [3.05, 3.63) is 70.7 Å². The van der Waals surface area contributed by atoms with Crippen molar-refractivity contribution in [3.8, 4) is 0 Å². The summed E-state index contributed by atoms with van der Waals surface area (Å²) in [6, 6.07) is 14.8. The number of carbonyl (C=O) groups excluding carboxylic acids is 1. The number of carboxylic acid groups (broad SMARTS) is 1. The number of Topliss-reactive ketones (excluding diaryl/α,β-unsaturated/α-hetero) is 1. The lowest BCUT2D eigenvalue weighted by molar-refractivity contribution is -0.139. The second-order valence-corrected chi connectivity index (χ2v) is 5.76. The van der Waals surface area contributed by atoms with Crippen molar-refractivity contribution in [2.24, 2.45) is 0 Å². The molecule has 0 radical (unpaired) electrons. The summed E-state index contributed by atoms with van der Waals surface area (Å²) < 4.78 is 0. The van der Waals surface area contributed by atoms with Crippen LogP contribution in [-0.4, -0.2) is 22.9 Å². The van der Waals surface area contributed by atoms with E-state index in [1.54, 1.807) is 24.3 Å². The quantitative estimate of drug-likeness (QED) is 0.759. The van der Waals surface area contributed by atoms with E-state index in [4.69, 9.17) is 11.6 Å². The lowest BCUT2D eigenvalue weighted by Crippen LogP contribution is -2.40. The summed E-state index contributed by atoms with van der Waals surface area (Å²) >= 11 is 5.79. The molecule has 0 bridgehead atoms. The van der Waals surface area contributed by atoms with E-state index >= 15 is 0 Å². The Bertz CT molecular complexity index is 670. The SMILES string of the molecule is C[C@H](N[C@@H](CC(=O)c1ccc(Cl)cc1)C(=O)O)c1ccccc1. The van der Waals surface area contributed by atoms with Crippen LogP contribution >= 0.6 is 11.6 Å². The lowest BCUT2D eigenvalue weighted by atomic mass is 10.0. The number of ketones is 1. The van der Waals surface area contributed by atoms with Crippen LogP contribution in [0.15, 0.2) is 54.6 Å². The molecule has 0 spiro atoms. The number of hydrogen-bond donors (Lipinski definition) is 2. The van der Waals surface area contributed by atoms with Crippen LogP contribution in [0.3, 0.4) is 0 Å². The molecular weight excluding hydrogens is 314 g/mol. The second kappa shape index (κ2) is 7.90. The number of hydrogen-bond acceptors (Lipinski definition) is 3. The van der Waals surface area contributed by atoms with E-state index in [-0.39, 0.29) is 18.2 Å². The van der Waals surface area contributed by atoms with Crippen LogP contribution in [0, 0.1) is 0 Å². The Labute approximate surface area is 140 Å². The number of rotatable bonds is 7. The van der Waals surface area contributed by atoms with Gasteiger partial charge in [0, 0.05) is 23.0 Å². The maximum absolute atomic E-state index is 12.2. The molecule has 0 unspecified atom stereocenters. The Balaban J connectivity index is 2.05. The summed E-state index contributed by atoms with van der Waals surface area (Å²) in [7, 11) is 0. The average molecular weight is 332 g/mol. The number of halogens is 1. The van der Waals surface area contributed by atoms with Crippen LogP contribution in [0.5, 0.6) is 0 Å². The first-order chi connectivity index (χ1) is 11.0. The molecule has 0 aliphatic carbocycles. The zero-order valence-electron chi connectivity index (χ0n) is 12.7. The molecular formula is C18H18ClNO3. The molecule has 0 aromatic heterocycles. The van der Waals surface area contributed by atoms with Gasteiger partial charge in [0.05, 0.1) is 0 Å². The third-order valence-electron chi connectivity index (χ3n) is 3.60. The fourth-order valence-corrected chi connectivity index (χ4v) is 2.42. The predicted molar refractivity (Wildman–Crippen MR) is 89.8 cm³/mol. The molecule has 2 rings (SSSR count). The summed E-state index contributed by atoms with van der Waals surface area (Å²) in [5, 5.41) is 12.9. The number of benzene rings is 2. The largest absolute Gasteiger partial charge is 0.480 e. The first kappa shape index (κ1) is 17.2. The standard InChI is InChI=1S/C18H18ClNO3/c1-12(13-5-3-2-4-6-13)20-16(18(22)23)11-17(21)14-7-9-15(19)10-8-14/h2-10,12,16,20H,11H2,1H3,(H,22,23)/t12-,16-/m0/s1. The highest BCUT2D eigenvalue weighted by molar-refractivity contribution is 6.30. The first-order valence-electron chi connectivity index (χ1n) is 7.30. The van der Waals surface area contributed by atoms with Crippen molar-refractivity contribution in [1.29, 1.82) is 0 Å². The van der Waals surface area contributed by atoms with Gasteiger partial charge in [-0.1, -0.05) is 41.9 Å². The van der Waals surface area contributed by atoms with Crippen LogP contribution in [0.1, 0.15) is 35.3 Å². The maximum atomic E-state index is 12.2. The summed E-state index contributed by atoms with van der Waals surface area (Å²) in [5.74, 6) is -1.28. The van der Waals surface area contributed by atoms with Gasteiger partial charge in [-0.3, -0.25) is 14.9 Å². The Kier molecular flexibility index (Phi) is 5.90. The molecule has 0 saturated carbocycles. The van der Waals surface area contributed by atoms with Crippen LogP contribution < -0.4 is 5.32 Å². The Morgan fingerprint density at radius 2 is 1.70 bits per heavy atom. The zero-order valence-corrected chi connectivity index (χ0v) is 13.5. The van der Waals surface area contributed by atoms with Crippen molar-refractivity contribution in [2.75, 3.05) is 0 Å². The Hall–Kier alpha value is -2.17. The third-order valence-corrected chi connectivity index (χ3v) is 3.86. The van der Waals surface area contributed by atoms with E-state index in [0.717, 1.165) is 5.56 Å². The van der Waals surface area contributed by atoms with Gasteiger partial charge in [-0.05, 0) is 36.8 Å². The molecule has 0 fully saturated rings. The molecule has 2 aromatic rings. The number of aliphatic carboxylic acids is 1. The van der Waals surface area contributed by atoms with Gasteiger partial charge in [0.1, 0.15) is 6.04 Å². The highest BCUT2D eigenvalue weighted by atomic mass is 35.5. The third kappa shape index (κ3) is 4.91. The number of carboxylic acids is 1. The molecule has 23 heavy (non-hydrogen) atoms. The van der Waals surface area contributed by atoms with E-state index in [1.165, 1.54) is 0 Å². The molecule has 120 valence electrons. The minimum Gasteiger partial charge on any atom is -0.480 e. The van der Waals surface area contributed by atoms with E-state index in [1.807, 2.05) is 37.3 Å². The molecule has 0 aliphatic heterocycles. The molecule has 4 nitrogen and oxygen atoms in total. The van der Waals surface area contributed by atoms with Gasteiger partial charge >= 0.3 is 5.97 Å². The fourth-order valence-electron chi connectivity index (χ4n) is 2.30. The monoisotopic (exact) mass is 331 g/mol. The predicted octanol–water partition coefficient (Wildman–Crippen LogP) is 3.72. The summed E-state index contributed by atoms with van der Waals surface area (Å²) in [5.41, 5.74) is 1.42. The lowest BCUT2D eigenvalue weighted by Gasteiger charge is -2.20. The van der Waals surface area contributed by atoms with E-state index in [0.29, 0.717) is 10.6 Å². The van der Waals surface area contributed by atoms with Crippen LogP contribution in [-0.2, 0) is 4.79 Å². The highest BCUT2D eigenvalue weighted by Gasteiger charge is 2.24. The average Bonchev–Trinajstić information content (AvgIpc) is 2.55. The van der Waals surface area contributed by atoms with E-state index < -0.39 is 12.0 Å². The van der Waals surface area contributed by atoms with Crippen molar-refractivity contribution in [1.82, 2.24) is 5.32 Å². The summed E-state index contributed by atoms with van der Waals surface area (Å²) in [6.45, 7) is 1.87. The molecule has 2 N–H and O–H groups in total. The maximum Gasteiger partial charge on any atom is 0.321 e. The van der Waals surface area contributed by atoms with Crippen molar-refractivity contribution >= 4 is 23.4 Å². The van der Waals surface area contributed by atoms with Gasteiger partial charge in [-0.25, -0.2) is 0 Å². The highest BCUT2D eigenvalue weighted by Crippen LogP contribution is 2.15. The molecule has 2 atom stereocenters. The summed E-state index contributed by atoms with van der Waals surface area (Å²) in [6.07, 6.45) is -0.117. The van der Waals surface area contributed by atoms with Crippen molar-refractivity contribution in [2.45, 2.75) is 25.4 Å². The molecule has 5 heteroatoms. The van der Waals surface area contributed by atoms with Gasteiger partial charge in [0.25, 0.3) is 0 Å². The molecule has 0 amide bonds. The normalized spacial score (nSPS) is 13.3. The van der Waals surface area contributed by atoms with Gasteiger partial charge in [0.2, 0.25) is 0 Å². The van der Waals surface area contributed by atoms with Crippen LogP contribution in [0.4, 0.5) is 0 Å². The number of nitrogens with one attached hydrogen (secondary N) is 1. The molecule has 0 heterocycles. The van der Waals surface area contributed by atoms with Crippen LogP contribution in [0.2, 0.25) is 5.02 Å². The van der Waals surface area contributed by atoms with Gasteiger partial charge < -0.3 is 5.11 Å². The van der Waals surface area contributed by atoms with Gasteiger partial charge in [-0.15, -0.1) is 0 Å².